The first-order chi connectivity index (χ1) is 23.7. The summed E-state index contributed by atoms with van der Waals surface area (Å²) in [6.45, 7) is 9.45. The van der Waals surface area contributed by atoms with Crippen molar-refractivity contribution in [2.45, 2.75) is 57.5 Å². The zero-order valence-corrected chi connectivity index (χ0v) is 29.8. The van der Waals surface area contributed by atoms with Gasteiger partial charge in [0.15, 0.2) is 0 Å². The summed E-state index contributed by atoms with van der Waals surface area (Å²) in [6, 6.07) is 7.54. The van der Waals surface area contributed by atoms with Crippen LogP contribution in [0.4, 0.5) is 5.95 Å². The quantitative estimate of drug-likeness (QED) is 0.0661. The molecule has 0 aliphatic carbocycles. The molecule has 0 radical (unpaired) electrons. The maximum Gasteiger partial charge on any atom is 0.329 e. The van der Waals surface area contributed by atoms with E-state index in [0.717, 1.165) is 4.90 Å². The van der Waals surface area contributed by atoms with Crippen molar-refractivity contribution in [1.82, 2.24) is 20.6 Å². The van der Waals surface area contributed by atoms with E-state index in [9.17, 15) is 19.2 Å². The van der Waals surface area contributed by atoms with Gasteiger partial charge >= 0.3 is 11.9 Å². The summed E-state index contributed by atoms with van der Waals surface area (Å²) in [6.07, 6.45) is 4.23. The average molecular weight is 724 g/mol. The number of aliphatic carboxylic acids is 2. The largest absolute Gasteiger partial charge is 0.488 e. The van der Waals surface area contributed by atoms with Crippen molar-refractivity contribution in [1.29, 1.82) is 0 Å². The van der Waals surface area contributed by atoms with Gasteiger partial charge in [0.1, 0.15) is 24.6 Å². The lowest BCUT2D eigenvalue weighted by Crippen LogP contribution is -2.34. The topological polar surface area (TPSA) is 217 Å². The molecule has 2 amide bonds. The third kappa shape index (κ3) is 19.8. The summed E-state index contributed by atoms with van der Waals surface area (Å²) in [7, 11) is 0. The molecule has 0 saturated heterocycles. The van der Waals surface area contributed by atoms with Gasteiger partial charge < -0.3 is 44.5 Å². The number of amides is 2. The molecule has 0 aliphatic rings. The van der Waals surface area contributed by atoms with Crippen LogP contribution in [0.5, 0.6) is 5.75 Å². The molecule has 2 aromatic rings. The van der Waals surface area contributed by atoms with E-state index < -0.39 is 17.5 Å². The molecule has 1 aromatic heterocycles. The maximum absolute atomic E-state index is 12.4. The molecule has 5 N–H and O–H groups in total. The standard InChI is InChI=1S/C33H49N5O11S/c1-32(2,10-9-28(40)41)23-33(3,4)49-25-5-7-26(8-6-25)50-38-31-36-19-24(20-37-31)30(44)35-12-14-46-15-17-47-21-27(39)34-11-13-45-16-18-48-22-29(42)43/h5-8,19-20H,9-18,21-23H2,1-4H3,(H,34,39)(H,35,44)(H,40,41)(H,42,43)(H,36,37,38). The number of nitrogens with one attached hydrogen (secondary N) is 3. The molecule has 0 bridgehead atoms. The van der Waals surface area contributed by atoms with Crippen LogP contribution >= 0.6 is 11.9 Å². The highest BCUT2D eigenvalue weighted by atomic mass is 32.2. The van der Waals surface area contributed by atoms with Gasteiger partial charge in [-0.05, 0) is 68.3 Å². The Kier molecular flexibility index (Phi) is 19.1. The Balaban J connectivity index is 1.56. The molecule has 0 unspecified atom stereocenters. The van der Waals surface area contributed by atoms with Gasteiger partial charge in [-0.2, -0.15) is 0 Å². The summed E-state index contributed by atoms with van der Waals surface area (Å²) in [5.41, 5.74) is -0.372. The molecule has 17 heteroatoms. The van der Waals surface area contributed by atoms with Crippen molar-refractivity contribution in [2.75, 3.05) is 70.7 Å². The minimum atomic E-state index is -1.05. The Morgan fingerprint density at radius 2 is 1.34 bits per heavy atom. The van der Waals surface area contributed by atoms with E-state index in [1.807, 2.05) is 52.0 Å². The minimum Gasteiger partial charge on any atom is -0.488 e. The van der Waals surface area contributed by atoms with Crippen LogP contribution in [0.3, 0.4) is 0 Å². The summed E-state index contributed by atoms with van der Waals surface area (Å²) in [5.74, 6) is -1.45. The summed E-state index contributed by atoms with van der Waals surface area (Å²) >= 11 is 1.31. The highest BCUT2D eigenvalue weighted by Crippen LogP contribution is 2.35. The second-order valence-electron chi connectivity index (χ2n) is 12.4. The number of hydrogen-bond donors (Lipinski definition) is 5. The molecule has 0 fully saturated rings. The zero-order chi connectivity index (χ0) is 36.8. The molecule has 0 atom stereocenters. The Morgan fingerprint density at radius 1 is 0.760 bits per heavy atom. The first-order valence-corrected chi connectivity index (χ1v) is 16.9. The van der Waals surface area contributed by atoms with E-state index in [1.54, 1.807) is 0 Å². The molecule has 0 saturated carbocycles. The Morgan fingerprint density at radius 3 is 1.94 bits per heavy atom. The Bertz CT molecular complexity index is 1330. The molecular formula is C33H49N5O11S. The van der Waals surface area contributed by atoms with Crippen molar-refractivity contribution in [2.24, 2.45) is 5.41 Å². The van der Waals surface area contributed by atoms with E-state index >= 15 is 0 Å². The molecule has 16 nitrogen and oxygen atoms in total. The summed E-state index contributed by atoms with van der Waals surface area (Å²) < 4.78 is 29.9. The number of carboxylic acid groups (broad SMARTS) is 2. The first-order valence-electron chi connectivity index (χ1n) is 16.1. The van der Waals surface area contributed by atoms with Gasteiger partial charge in [0.05, 0.1) is 45.2 Å². The molecule has 0 aliphatic heterocycles. The molecule has 50 heavy (non-hydrogen) atoms. The fourth-order valence-electron chi connectivity index (χ4n) is 4.64. The second-order valence-corrected chi connectivity index (χ2v) is 13.3. The zero-order valence-electron chi connectivity index (χ0n) is 29.0. The van der Waals surface area contributed by atoms with Gasteiger partial charge in [0, 0.05) is 36.8 Å². The first kappa shape index (κ1) is 42.1. The second kappa shape index (κ2) is 22.6. The van der Waals surface area contributed by atoms with Gasteiger partial charge in [-0.1, -0.05) is 13.8 Å². The van der Waals surface area contributed by atoms with Gasteiger partial charge in [0.2, 0.25) is 11.9 Å². The van der Waals surface area contributed by atoms with Crippen molar-refractivity contribution < 1.29 is 53.1 Å². The number of carboxylic acids is 2. The number of anilines is 1. The van der Waals surface area contributed by atoms with E-state index in [4.69, 9.17) is 33.9 Å². The van der Waals surface area contributed by atoms with Crippen LogP contribution in [-0.4, -0.2) is 115 Å². The van der Waals surface area contributed by atoms with Gasteiger partial charge in [0.25, 0.3) is 5.91 Å². The lowest BCUT2D eigenvalue weighted by Gasteiger charge is -2.35. The SMILES string of the molecule is CC(C)(CCC(=O)O)CC(C)(C)Oc1ccc(SNc2ncc(C(=O)NCCOCCOCC(=O)NCCOCCOCC(=O)O)cn2)cc1. The third-order valence-electron chi connectivity index (χ3n) is 6.62. The lowest BCUT2D eigenvalue weighted by molar-refractivity contribution is -0.143. The number of hydrogen-bond acceptors (Lipinski definition) is 13. The normalized spacial score (nSPS) is 11.5. The van der Waals surface area contributed by atoms with Crippen molar-refractivity contribution in [3.05, 3.63) is 42.2 Å². The number of rotatable bonds is 27. The number of carbonyl (C=O) groups is 4. The monoisotopic (exact) mass is 723 g/mol. The van der Waals surface area contributed by atoms with Crippen LogP contribution in [-0.2, 0) is 33.3 Å². The van der Waals surface area contributed by atoms with E-state index in [2.05, 4.69) is 25.3 Å². The predicted molar refractivity (Wildman–Crippen MR) is 184 cm³/mol. The smallest absolute Gasteiger partial charge is 0.329 e. The average Bonchev–Trinajstić information content (AvgIpc) is 3.05. The number of benzene rings is 1. The molecule has 1 heterocycles. The predicted octanol–water partition coefficient (Wildman–Crippen LogP) is 3.03. The third-order valence-corrected chi connectivity index (χ3v) is 7.41. The molecular weight excluding hydrogens is 674 g/mol. The Hall–Kier alpha value is -4.03. The van der Waals surface area contributed by atoms with E-state index in [1.165, 1.54) is 24.3 Å². The van der Waals surface area contributed by atoms with E-state index in [-0.39, 0.29) is 89.6 Å². The molecule has 278 valence electrons. The van der Waals surface area contributed by atoms with Crippen molar-refractivity contribution in [3.8, 4) is 5.75 Å². The maximum atomic E-state index is 12.4. The van der Waals surface area contributed by atoms with Crippen LogP contribution < -0.4 is 20.1 Å². The van der Waals surface area contributed by atoms with Crippen LogP contribution in [0.15, 0.2) is 41.6 Å². The summed E-state index contributed by atoms with van der Waals surface area (Å²) in [4.78, 5) is 54.7. The van der Waals surface area contributed by atoms with Gasteiger partial charge in [-0.15, -0.1) is 0 Å². The lowest BCUT2D eigenvalue weighted by atomic mass is 9.78. The van der Waals surface area contributed by atoms with Crippen LogP contribution in [0.1, 0.15) is 57.3 Å². The molecule has 2 rings (SSSR count). The highest BCUT2D eigenvalue weighted by molar-refractivity contribution is 8.00. The Labute approximate surface area is 296 Å². The summed E-state index contributed by atoms with van der Waals surface area (Å²) in [5, 5.41) is 22.8. The van der Waals surface area contributed by atoms with Crippen LogP contribution in [0.25, 0.3) is 0 Å². The number of nitrogens with zero attached hydrogens (tertiary/aromatic N) is 2. The van der Waals surface area contributed by atoms with Gasteiger partial charge in [-0.3, -0.25) is 19.1 Å². The fraction of sp³-hybridized carbons (Fsp3) is 0.576. The number of carbonyl (C=O) groups excluding carboxylic acids is 2. The number of ether oxygens (including phenoxy) is 5. The number of aromatic nitrogens is 2. The fourth-order valence-corrected chi connectivity index (χ4v) is 5.22. The highest BCUT2D eigenvalue weighted by Gasteiger charge is 2.31. The van der Waals surface area contributed by atoms with Crippen molar-refractivity contribution in [3.63, 3.8) is 0 Å². The van der Waals surface area contributed by atoms with Crippen molar-refractivity contribution >= 4 is 41.6 Å². The van der Waals surface area contributed by atoms with E-state index in [0.29, 0.717) is 30.1 Å². The van der Waals surface area contributed by atoms with Crippen LogP contribution in [0, 0.1) is 5.41 Å². The molecule has 1 aromatic carbocycles. The van der Waals surface area contributed by atoms with Crippen LogP contribution in [0.2, 0.25) is 0 Å². The molecule has 0 spiro atoms. The van der Waals surface area contributed by atoms with Gasteiger partial charge in [-0.25, -0.2) is 14.8 Å². The minimum absolute atomic E-state index is 0.125.